The Labute approximate surface area is 254 Å². The second kappa shape index (κ2) is 12.9. The van der Waals surface area contributed by atoms with Crippen molar-refractivity contribution in [2.24, 2.45) is 5.10 Å². The van der Waals surface area contributed by atoms with E-state index in [0.717, 1.165) is 0 Å². The zero-order chi connectivity index (χ0) is 31.3. The van der Waals surface area contributed by atoms with Gasteiger partial charge in [0.1, 0.15) is 17.2 Å². The maximum atomic E-state index is 13.7. The van der Waals surface area contributed by atoms with Crippen molar-refractivity contribution in [1.29, 1.82) is 0 Å². The van der Waals surface area contributed by atoms with Crippen LogP contribution >= 0.6 is 23.2 Å². The van der Waals surface area contributed by atoms with E-state index in [2.05, 4.69) is 15.8 Å². The molecule has 2 aromatic carbocycles. The molecule has 1 aromatic heterocycles. The van der Waals surface area contributed by atoms with Gasteiger partial charge in [0.15, 0.2) is 6.17 Å². The van der Waals surface area contributed by atoms with Gasteiger partial charge in [-0.15, -0.1) is 0 Å². The summed E-state index contributed by atoms with van der Waals surface area (Å²) < 4.78 is 4.98. The van der Waals surface area contributed by atoms with Crippen LogP contribution in [0.5, 0.6) is 0 Å². The van der Waals surface area contributed by atoms with Crippen LogP contribution in [-0.4, -0.2) is 62.5 Å². The molecule has 1 saturated heterocycles. The molecule has 1 atom stereocenters. The molecule has 0 saturated carbocycles. The Kier molecular flexibility index (Phi) is 9.34. The smallest absolute Gasteiger partial charge is 0.401 e. The average molecular weight is 630 g/mol. The van der Waals surface area contributed by atoms with E-state index in [0.29, 0.717) is 26.5 Å². The first-order valence-electron chi connectivity index (χ1n) is 12.5. The zero-order valence-corrected chi connectivity index (χ0v) is 24.2. The SMILES string of the molecule is CC1(C)[C@@H](N(O)C(=O)Nc2ccc(Cl)cc2)N(c2ccc(Cl)cc2)C(=O)N1CC(=O)NN=CC=Cc1ccc([N+](=O)[O-])o1. The van der Waals surface area contributed by atoms with E-state index in [4.69, 9.17) is 27.6 Å². The lowest BCUT2D eigenvalue weighted by Gasteiger charge is -2.38. The molecule has 0 radical (unpaired) electrons. The predicted octanol–water partition coefficient (Wildman–Crippen LogP) is 5.58. The number of nitrogens with zero attached hydrogens (tertiary/aromatic N) is 5. The number of urea groups is 2. The number of halogens is 2. The number of hydrogen-bond acceptors (Lipinski definition) is 8. The first-order chi connectivity index (χ1) is 20.4. The monoisotopic (exact) mass is 629 g/mol. The number of allylic oxidation sites excluding steroid dienone is 1. The topological polar surface area (TPSA) is 174 Å². The number of anilines is 2. The molecule has 1 fully saturated rings. The molecule has 0 bridgehead atoms. The minimum Gasteiger partial charge on any atom is -0.401 e. The van der Waals surface area contributed by atoms with Crippen LogP contribution in [0.4, 0.5) is 26.8 Å². The van der Waals surface area contributed by atoms with Gasteiger partial charge in [0.2, 0.25) is 0 Å². The lowest BCUT2D eigenvalue weighted by atomic mass is 9.99. The van der Waals surface area contributed by atoms with Crippen LogP contribution in [0, 0.1) is 10.1 Å². The van der Waals surface area contributed by atoms with Crippen molar-refractivity contribution in [2.45, 2.75) is 25.6 Å². The lowest BCUT2D eigenvalue weighted by Crippen LogP contribution is -2.58. The number of nitrogens with one attached hydrogen (secondary N) is 2. The van der Waals surface area contributed by atoms with Gasteiger partial charge in [-0.2, -0.15) is 10.2 Å². The van der Waals surface area contributed by atoms with E-state index in [9.17, 15) is 29.7 Å². The molecule has 224 valence electrons. The molecule has 3 aromatic rings. The van der Waals surface area contributed by atoms with Gasteiger partial charge in [-0.05, 0) is 80.6 Å². The Bertz CT molecular complexity index is 1570. The summed E-state index contributed by atoms with van der Waals surface area (Å²) in [6, 6.07) is 13.4. The molecule has 5 amide bonds. The highest BCUT2D eigenvalue weighted by Gasteiger charge is 2.56. The minimum atomic E-state index is -1.31. The van der Waals surface area contributed by atoms with Crippen molar-refractivity contribution in [3.8, 4) is 0 Å². The molecule has 4 rings (SSSR count). The molecule has 14 nitrogen and oxygen atoms in total. The van der Waals surface area contributed by atoms with E-state index < -0.39 is 47.0 Å². The summed E-state index contributed by atoms with van der Waals surface area (Å²) in [5.41, 5.74) is 1.64. The van der Waals surface area contributed by atoms with Crippen LogP contribution in [0.15, 0.2) is 76.3 Å². The van der Waals surface area contributed by atoms with Gasteiger partial charge in [-0.25, -0.2) is 15.0 Å². The molecule has 16 heteroatoms. The highest BCUT2D eigenvalue weighted by molar-refractivity contribution is 6.31. The Morgan fingerprint density at radius 3 is 2.35 bits per heavy atom. The van der Waals surface area contributed by atoms with Gasteiger partial charge >= 0.3 is 17.9 Å². The summed E-state index contributed by atoms with van der Waals surface area (Å²) in [5, 5.41) is 29.4. The first kappa shape index (κ1) is 31.0. The number of nitro groups is 1. The Morgan fingerprint density at radius 1 is 1.12 bits per heavy atom. The number of amides is 5. The largest absolute Gasteiger partial charge is 0.433 e. The van der Waals surface area contributed by atoms with Crippen molar-refractivity contribution in [1.82, 2.24) is 15.4 Å². The summed E-state index contributed by atoms with van der Waals surface area (Å²) >= 11 is 11.9. The molecule has 1 aliphatic heterocycles. The second-order valence-electron chi connectivity index (χ2n) is 9.63. The Hall–Kier alpha value is -4.92. The molecule has 0 unspecified atom stereocenters. The molecule has 1 aliphatic rings. The number of hydrogen-bond donors (Lipinski definition) is 3. The average Bonchev–Trinajstić information content (AvgIpc) is 3.51. The maximum Gasteiger partial charge on any atom is 0.433 e. The third kappa shape index (κ3) is 7.12. The van der Waals surface area contributed by atoms with Gasteiger partial charge in [0.25, 0.3) is 5.91 Å². The summed E-state index contributed by atoms with van der Waals surface area (Å²) in [6.07, 6.45) is 2.71. The molecular formula is C27H25Cl2N7O7. The molecule has 43 heavy (non-hydrogen) atoms. The molecule has 0 aliphatic carbocycles. The van der Waals surface area contributed by atoms with Crippen molar-refractivity contribution in [3.63, 3.8) is 0 Å². The van der Waals surface area contributed by atoms with Gasteiger partial charge in [-0.3, -0.25) is 25.0 Å². The molecule has 0 spiro atoms. The van der Waals surface area contributed by atoms with Crippen molar-refractivity contribution in [3.05, 3.63) is 92.7 Å². The number of rotatable bonds is 9. The summed E-state index contributed by atoms with van der Waals surface area (Å²) in [4.78, 5) is 52.0. The zero-order valence-electron chi connectivity index (χ0n) is 22.7. The number of carbonyl (C=O) groups excluding carboxylic acids is 3. The van der Waals surface area contributed by atoms with E-state index in [-0.39, 0.29) is 5.76 Å². The van der Waals surface area contributed by atoms with Crippen molar-refractivity contribution >= 4 is 70.7 Å². The standard InChI is InChI=1S/C27H25Cl2N7O7/c1-27(2)24(35(40)25(38)31-19-9-5-17(28)6-10-19)34(20-11-7-18(29)8-12-20)26(39)33(27)16-22(37)32-30-15-3-4-21-13-14-23(43-21)36(41)42/h3-15,24,40H,16H2,1-2H3,(H,31,38)(H,32,37)/t24-/m1/s1. The van der Waals surface area contributed by atoms with Crippen LogP contribution in [0.25, 0.3) is 6.08 Å². The van der Waals surface area contributed by atoms with Gasteiger partial charge in [0, 0.05) is 27.6 Å². The predicted molar refractivity (Wildman–Crippen MR) is 159 cm³/mol. The van der Waals surface area contributed by atoms with Crippen LogP contribution in [-0.2, 0) is 4.79 Å². The first-order valence-corrected chi connectivity index (χ1v) is 13.3. The Morgan fingerprint density at radius 2 is 1.74 bits per heavy atom. The van der Waals surface area contributed by atoms with Crippen molar-refractivity contribution in [2.75, 3.05) is 16.8 Å². The highest BCUT2D eigenvalue weighted by atomic mass is 35.5. The van der Waals surface area contributed by atoms with Gasteiger partial charge in [-0.1, -0.05) is 23.2 Å². The summed E-state index contributed by atoms with van der Waals surface area (Å²) in [6.45, 7) is 2.70. The van der Waals surface area contributed by atoms with Gasteiger partial charge in [0.05, 0.1) is 11.6 Å². The normalized spacial score (nSPS) is 16.2. The van der Waals surface area contributed by atoms with Crippen molar-refractivity contribution < 1.29 is 28.9 Å². The number of hydroxylamine groups is 2. The number of benzene rings is 2. The fourth-order valence-electron chi connectivity index (χ4n) is 4.29. The third-order valence-corrected chi connectivity index (χ3v) is 6.86. The third-order valence-electron chi connectivity index (χ3n) is 6.35. The molecule has 2 heterocycles. The molecular weight excluding hydrogens is 605 g/mol. The molecule has 3 N–H and O–H groups in total. The quantitative estimate of drug-likeness (QED) is 0.120. The minimum absolute atomic E-state index is 0.205. The van der Waals surface area contributed by atoms with Crippen LogP contribution in [0.3, 0.4) is 0 Å². The Balaban J connectivity index is 1.50. The van der Waals surface area contributed by atoms with Crippen LogP contribution in [0.2, 0.25) is 10.0 Å². The maximum absolute atomic E-state index is 13.7. The number of hydrazone groups is 1. The van der Waals surface area contributed by atoms with Crippen LogP contribution < -0.4 is 15.6 Å². The van der Waals surface area contributed by atoms with Crippen LogP contribution in [0.1, 0.15) is 19.6 Å². The number of furan rings is 1. The lowest BCUT2D eigenvalue weighted by molar-refractivity contribution is -0.402. The van der Waals surface area contributed by atoms with E-state index in [1.807, 2.05) is 0 Å². The second-order valence-corrected chi connectivity index (χ2v) is 10.5. The van der Waals surface area contributed by atoms with E-state index in [1.165, 1.54) is 40.3 Å². The summed E-state index contributed by atoms with van der Waals surface area (Å²) in [5.74, 6) is -0.889. The van der Waals surface area contributed by atoms with E-state index >= 15 is 0 Å². The fourth-order valence-corrected chi connectivity index (χ4v) is 4.55. The van der Waals surface area contributed by atoms with E-state index in [1.54, 1.807) is 62.4 Å². The summed E-state index contributed by atoms with van der Waals surface area (Å²) in [7, 11) is 0. The number of carbonyl (C=O) groups is 3. The van der Waals surface area contributed by atoms with Gasteiger partial charge < -0.3 is 14.6 Å². The highest BCUT2D eigenvalue weighted by Crippen LogP contribution is 2.38. The fraction of sp³-hybridized carbons (Fsp3) is 0.185.